The molecule has 2 aromatic rings. The third-order valence-electron chi connectivity index (χ3n) is 2.42. The summed E-state index contributed by atoms with van der Waals surface area (Å²) in [6, 6.07) is 5.35. The zero-order valence-electron chi connectivity index (χ0n) is 10.3. The third kappa shape index (κ3) is 2.41. The molecule has 1 aromatic heterocycles. The van der Waals surface area contributed by atoms with Gasteiger partial charge in [-0.15, -0.1) is 21.8 Å². The van der Waals surface area contributed by atoms with Crippen LogP contribution in [0.3, 0.4) is 0 Å². The van der Waals surface area contributed by atoms with Crippen LogP contribution in [-0.2, 0) is 0 Å². The quantitative estimate of drug-likeness (QED) is 0.798. The van der Waals surface area contributed by atoms with E-state index in [1.54, 1.807) is 39.3 Å². The van der Waals surface area contributed by atoms with Crippen molar-refractivity contribution in [2.75, 3.05) is 14.2 Å². The third-order valence-corrected chi connectivity index (χ3v) is 2.61. The molecule has 1 unspecified atom stereocenters. The molecule has 0 aliphatic heterocycles. The van der Waals surface area contributed by atoms with Gasteiger partial charge in [0.15, 0.2) is 0 Å². The van der Waals surface area contributed by atoms with E-state index in [4.69, 9.17) is 25.5 Å². The van der Waals surface area contributed by atoms with Crippen molar-refractivity contribution in [3.63, 3.8) is 0 Å². The number of ether oxygens (including phenoxy) is 2. The van der Waals surface area contributed by atoms with Gasteiger partial charge in [0.05, 0.1) is 19.8 Å². The summed E-state index contributed by atoms with van der Waals surface area (Å²) in [6.45, 7) is 1.77. The summed E-state index contributed by atoms with van der Waals surface area (Å²) in [5.41, 5.74) is 0.703. The average molecular weight is 269 g/mol. The summed E-state index contributed by atoms with van der Waals surface area (Å²) in [5.74, 6) is 2.05. The molecule has 0 N–H and O–H groups in total. The molecule has 0 radical (unpaired) electrons. The van der Waals surface area contributed by atoms with E-state index < -0.39 is 0 Å². The Bertz CT molecular complexity index is 540. The number of halogens is 1. The van der Waals surface area contributed by atoms with Crippen LogP contribution in [0.25, 0.3) is 11.5 Å². The van der Waals surface area contributed by atoms with Crippen LogP contribution in [0.15, 0.2) is 22.6 Å². The Hall–Kier alpha value is -1.75. The standard InChI is InChI=1S/C12H13ClN2O3/c1-7(13)11-14-15-12(18-11)9-5-4-8(16-2)6-10(9)17-3/h4-7H,1-3H3. The highest BCUT2D eigenvalue weighted by atomic mass is 35.5. The number of alkyl halides is 1. The first-order chi connectivity index (χ1) is 8.65. The average Bonchev–Trinajstić information content (AvgIpc) is 2.87. The van der Waals surface area contributed by atoms with E-state index in [0.717, 1.165) is 0 Å². The fraction of sp³-hybridized carbons (Fsp3) is 0.333. The van der Waals surface area contributed by atoms with E-state index in [-0.39, 0.29) is 5.38 Å². The molecule has 6 heteroatoms. The maximum atomic E-state index is 5.88. The van der Waals surface area contributed by atoms with Gasteiger partial charge in [0, 0.05) is 6.07 Å². The van der Waals surface area contributed by atoms with Crippen LogP contribution in [0.1, 0.15) is 18.2 Å². The summed E-state index contributed by atoms with van der Waals surface area (Å²) in [6.07, 6.45) is 0. The fourth-order valence-corrected chi connectivity index (χ4v) is 1.57. The predicted octanol–water partition coefficient (Wildman–Crippen LogP) is 3.05. The molecule has 2 rings (SSSR count). The van der Waals surface area contributed by atoms with Crippen molar-refractivity contribution in [3.05, 3.63) is 24.1 Å². The molecule has 0 amide bonds. The second-order valence-corrected chi connectivity index (χ2v) is 4.28. The minimum Gasteiger partial charge on any atom is -0.497 e. The van der Waals surface area contributed by atoms with E-state index in [1.165, 1.54) is 0 Å². The first kappa shape index (κ1) is 12.7. The zero-order valence-corrected chi connectivity index (χ0v) is 11.1. The molecule has 0 aliphatic carbocycles. The molecular formula is C12H13ClN2O3. The lowest BCUT2D eigenvalue weighted by Crippen LogP contribution is -1.90. The van der Waals surface area contributed by atoms with Crippen LogP contribution in [-0.4, -0.2) is 24.4 Å². The van der Waals surface area contributed by atoms with Gasteiger partial charge in [-0.25, -0.2) is 0 Å². The van der Waals surface area contributed by atoms with Gasteiger partial charge in [-0.1, -0.05) is 0 Å². The Kier molecular flexibility index (Phi) is 3.72. The van der Waals surface area contributed by atoms with Crippen molar-refractivity contribution in [1.82, 2.24) is 10.2 Å². The van der Waals surface area contributed by atoms with Gasteiger partial charge in [0.25, 0.3) is 5.89 Å². The molecule has 0 fully saturated rings. The Morgan fingerprint density at radius 2 is 2.00 bits per heavy atom. The summed E-state index contributed by atoms with van der Waals surface area (Å²) in [4.78, 5) is 0. The van der Waals surface area contributed by atoms with Gasteiger partial charge in [-0.2, -0.15) is 0 Å². The molecule has 0 spiro atoms. The molecule has 0 aliphatic rings. The number of rotatable bonds is 4. The van der Waals surface area contributed by atoms with Crippen LogP contribution >= 0.6 is 11.6 Å². The van der Waals surface area contributed by atoms with E-state index in [2.05, 4.69) is 10.2 Å². The van der Waals surface area contributed by atoms with Crippen molar-refractivity contribution in [2.45, 2.75) is 12.3 Å². The zero-order chi connectivity index (χ0) is 13.1. The lowest BCUT2D eigenvalue weighted by molar-refractivity contribution is 0.394. The second kappa shape index (κ2) is 5.27. The maximum Gasteiger partial charge on any atom is 0.251 e. The fourth-order valence-electron chi connectivity index (χ4n) is 1.48. The Morgan fingerprint density at radius 3 is 2.56 bits per heavy atom. The number of methoxy groups -OCH3 is 2. The summed E-state index contributed by atoms with van der Waals surface area (Å²) in [7, 11) is 3.16. The van der Waals surface area contributed by atoms with Gasteiger partial charge in [-0.05, 0) is 19.1 Å². The van der Waals surface area contributed by atoms with Crippen LogP contribution in [0.5, 0.6) is 11.5 Å². The second-order valence-electron chi connectivity index (χ2n) is 3.63. The molecule has 1 aromatic carbocycles. The van der Waals surface area contributed by atoms with Gasteiger partial charge in [0.1, 0.15) is 16.9 Å². The largest absolute Gasteiger partial charge is 0.497 e. The molecule has 0 saturated carbocycles. The summed E-state index contributed by atoms with van der Waals surface area (Å²) >= 11 is 5.88. The van der Waals surface area contributed by atoms with Gasteiger partial charge < -0.3 is 13.9 Å². The number of benzene rings is 1. The number of hydrogen-bond donors (Lipinski definition) is 0. The summed E-state index contributed by atoms with van der Waals surface area (Å²) < 4.78 is 15.9. The topological polar surface area (TPSA) is 57.4 Å². The monoisotopic (exact) mass is 268 g/mol. The van der Waals surface area contributed by atoms with Gasteiger partial charge in [-0.3, -0.25) is 0 Å². The van der Waals surface area contributed by atoms with E-state index in [1.807, 2.05) is 0 Å². The molecular weight excluding hydrogens is 256 g/mol. The molecule has 18 heavy (non-hydrogen) atoms. The van der Waals surface area contributed by atoms with E-state index in [9.17, 15) is 0 Å². The normalized spacial score (nSPS) is 12.2. The summed E-state index contributed by atoms with van der Waals surface area (Å²) in [5, 5.41) is 7.50. The Labute approximate surface area is 110 Å². The number of nitrogens with zero attached hydrogens (tertiary/aromatic N) is 2. The van der Waals surface area contributed by atoms with Crippen LogP contribution in [0, 0.1) is 0 Å². The smallest absolute Gasteiger partial charge is 0.251 e. The SMILES string of the molecule is COc1ccc(-c2nnc(C(C)Cl)o2)c(OC)c1. The van der Waals surface area contributed by atoms with Gasteiger partial charge in [0.2, 0.25) is 5.89 Å². The predicted molar refractivity (Wildman–Crippen MR) is 67.1 cm³/mol. The molecule has 1 heterocycles. The van der Waals surface area contributed by atoms with Crippen molar-refractivity contribution in [3.8, 4) is 23.0 Å². The minimum absolute atomic E-state index is 0.324. The first-order valence-corrected chi connectivity index (χ1v) is 5.79. The van der Waals surface area contributed by atoms with Crippen LogP contribution < -0.4 is 9.47 Å². The molecule has 5 nitrogen and oxygen atoms in total. The lowest BCUT2D eigenvalue weighted by Gasteiger charge is -2.07. The molecule has 0 bridgehead atoms. The highest BCUT2D eigenvalue weighted by Crippen LogP contribution is 2.33. The maximum absolute atomic E-state index is 5.88. The number of aromatic nitrogens is 2. The molecule has 1 atom stereocenters. The van der Waals surface area contributed by atoms with E-state index in [0.29, 0.717) is 28.8 Å². The number of hydrogen-bond acceptors (Lipinski definition) is 5. The highest BCUT2D eigenvalue weighted by molar-refractivity contribution is 6.20. The van der Waals surface area contributed by atoms with Crippen molar-refractivity contribution in [1.29, 1.82) is 0 Å². The first-order valence-electron chi connectivity index (χ1n) is 5.35. The molecule has 96 valence electrons. The van der Waals surface area contributed by atoms with E-state index >= 15 is 0 Å². The molecule has 0 saturated heterocycles. The van der Waals surface area contributed by atoms with Gasteiger partial charge >= 0.3 is 0 Å². The van der Waals surface area contributed by atoms with Crippen LogP contribution in [0.2, 0.25) is 0 Å². The van der Waals surface area contributed by atoms with Crippen molar-refractivity contribution in [2.24, 2.45) is 0 Å². The highest BCUT2D eigenvalue weighted by Gasteiger charge is 2.16. The Balaban J connectivity index is 2.42. The van der Waals surface area contributed by atoms with Crippen molar-refractivity contribution >= 4 is 11.6 Å². The van der Waals surface area contributed by atoms with Crippen LogP contribution in [0.4, 0.5) is 0 Å². The lowest BCUT2D eigenvalue weighted by atomic mass is 10.2. The van der Waals surface area contributed by atoms with Crippen molar-refractivity contribution < 1.29 is 13.9 Å². The Morgan fingerprint density at radius 1 is 1.22 bits per heavy atom. The minimum atomic E-state index is -0.324.